The fourth-order valence-corrected chi connectivity index (χ4v) is 3.14. The molecule has 1 heterocycles. The minimum absolute atomic E-state index is 0.690. The highest BCUT2D eigenvalue weighted by molar-refractivity contribution is 6.30. The molecule has 0 saturated carbocycles. The number of aromatic nitrogens is 2. The molecule has 146 valence electrons. The number of anilines is 1. The second kappa shape index (κ2) is 9.67. The van der Waals surface area contributed by atoms with Gasteiger partial charge >= 0.3 is 0 Å². The molecule has 0 saturated heterocycles. The van der Waals surface area contributed by atoms with E-state index in [2.05, 4.69) is 31.3 Å². The lowest BCUT2D eigenvalue weighted by atomic mass is 10.1. The van der Waals surface area contributed by atoms with E-state index < -0.39 is 0 Å². The zero-order valence-corrected chi connectivity index (χ0v) is 17.3. The Kier molecular flexibility index (Phi) is 7.01. The van der Waals surface area contributed by atoms with E-state index >= 15 is 0 Å². The topological polar surface area (TPSA) is 63.8 Å². The van der Waals surface area contributed by atoms with Gasteiger partial charge in [0.2, 0.25) is 0 Å². The molecule has 3 rings (SSSR count). The third-order valence-electron chi connectivity index (χ3n) is 4.80. The van der Waals surface area contributed by atoms with Crippen molar-refractivity contribution in [2.45, 2.75) is 33.1 Å². The van der Waals surface area contributed by atoms with Crippen LogP contribution in [0.3, 0.4) is 0 Å². The van der Waals surface area contributed by atoms with Gasteiger partial charge in [0.05, 0.1) is 5.52 Å². The summed E-state index contributed by atoms with van der Waals surface area (Å²) in [5, 5.41) is 5.28. The lowest BCUT2D eigenvalue weighted by Gasteiger charge is -2.11. The van der Waals surface area contributed by atoms with E-state index in [0.29, 0.717) is 5.82 Å². The number of fused-ring (bicyclic) bond motifs is 1. The summed E-state index contributed by atoms with van der Waals surface area (Å²) in [5.74, 6) is 1.58. The first-order chi connectivity index (χ1) is 13.6. The number of unbranched alkanes of at least 4 members (excludes halogenated alkanes) is 2. The maximum absolute atomic E-state index is 5.96. The second-order valence-electron chi connectivity index (χ2n) is 7.05. The van der Waals surface area contributed by atoms with E-state index in [9.17, 15) is 0 Å². The SMILES string of the molecule is Cc1cc2nc(/C=C/c3ccc(Cl)cc3)nc(NCCCCCN)c2cc1C. The summed E-state index contributed by atoms with van der Waals surface area (Å²) < 4.78 is 0. The zero-order valence-electron chi connectivity index (χ0n) is 16.5. The molecule has 4 nitrogen and oxygen atoms in total. The number of hydrogen-bond donors (Lipinski definition) is 2. The minimum atomic E-state index is 0.690. The van der Waals surface area contributed by atoms with Gasteiger partial charge in [0, 0.05) is 17.0 Å². The highest BCUT2D eigenvalue weighted by Gasteiger charge is 2.08. The van der Waals surface area contributed by atoms with E-state index in [1.807, 2.05) is 36.4 Å². The number of benzene rings is 2. The molecule has 0 aliphatic heterocycles. The van der Waals surface area contributed by atoms with Crippen molar-refractivity contribution >= 4 is 40.5 Å². The van der Waals surface area contributed by atoms with Crippen molar-refractivity contribution in [3.8, 4) is 0 Å². The monoisotopic (exact) mass is 394 g/mol. The summed E-state index contributed by atoms with van der Waals surface area (Å²) in [6.07, 6.45) is 7.19. The molecule has 0 amide bonds. The highest BCUT2D eigenvalue weighted by Crippen LogP contribution is 2.25. The average Bonchev–Trinajstić information content (AvgIpc) is 2.68. The molecule has 0 unspecified atom stereocenters. The minimum Gasteiger partial charge on any atom is -0.369 e. The van der Waals surface area contributed by atoms with E-state index in [1.54, 1.807) is 0 Å². The van der Waals surface area contributed by atoms with Gasteiger partial charge in [-0.3, -0.25) is 0 Å². The Balaban J connectivity index is 1.89. The molecule has 3 aromatic rings. The molecule has 5 heteroatoms. The van der Waals surface area contributed by atoms with Gasteiger partial charge in [-0.25, -0.2) is 9.97 Å². The summed E-state index contributed by atoms with van der Waals surface area (Å²) in [7, 11) is 0. The Labute approximate surface area is 171 Å². The van der Waals surface area contributed by atoms with Crippen molar-refractivity contribution < 1.29 is 0 Å². The number of rotatable bonds is 8. The Bertz CT molecular complexity index is 964. The van der Waals surface area contributed by atoms with E-state index in [-0.39, 0.29) is 0 Å². The predicted molar refractivity (Wildman–Crippen MR) is 121 cm³/mol. The van der Waals surface area contributed by atoms with Gasteiger partial charge in [-0.05, 0) is 80.3 Å². The molecule has 0 radical (unpaired) electrons. The van der Waals surface area contributed by atoms with Crippen LogP contribution in [0.5, 0.6) is 0 Å². The fourth-order valence-electron chi connectivity index (χ4n) is 3.01. The van der Waals surface area contributed by atoms with Crippen molar-refractivity contribution in [2.75, 3.05) is 18.4 Å². The number of nitrogens with two attached hydrogens (primary N) is 1. The van der Waals surface area contributed by atoms with Crippen LogP contribution in [0.25, 0.3) is 23.1 Å². The van der Waals surface area contributed by atoms with Crippen molar-refractivity contribution in [1.82, 2.24) is 9.97 Å². The van der Waals surface area contributed by atoms with Crippen LogP contribution < -0.4 is 11.1 Å². The summed E-state index contributed by atoms with van der Waals surface area (Å²) >= 11 is 5.96. The van der Waals surface area contributed by atoms with Crippen LogP contribution in [-0.2, 0) is 0 Å². The molecule has 1 aromatic heterocycles. The van der Waals surface area contributed by atoms with Gasteiger partial charge in [-0.2, -0.15) is 0 Å². The highest BCUT2D eigenvalue weighted by atomic mass is 35.5. The largest absolute Gasteiger partial charge is 0.369 e. The van der Waals surface area contributed by atoms with Gasteiger partial charge in [0.15, 0.2) is 5.82 Å². The summed E-state index contributed by atoms with van der Waals surface area (Å²) in [5.41, 5.74) is 10.1. The van der Waals surface area contributed by atoms with Crippen molar-refractivity contribution in [1.29, 1.82) is 0 Å². The first-order valence-corrected chi connectivity index (χ1v) is 10.1. The molecule has 0 bridgehead atoms. The number of nitrogens with zero attached hydrogens (tertiary/aromatic N) is 2. The summed E-state index contributed by atoms with van der Waals surface area (Å²) in [4.78, 5) is 9.51. The number of nitrogens with one attached hydrogen (secondary N) is 1. The van der Waals surface area contributed by atoms with Crippen LogP contribution in [-0.4, -0.2) is 23.1 Å². The van der Waals surface area contributed by atoms with Crippen LogP contribution in [0, 0.1) is 13.8 Å². The fraction of sp³-hybridized carbons (Fsp3) is 0.304. The zero-order chi connectivity index (χ0) is 19.9. The lowest BCUT2D eigenvalue weighted by Crippen LogP contribution is -2.07. The molecule has 0 spiro atoms. The van der Waals surface area contributed by atoms with E-state index in [4.69, 9.17) is 27.3 Å². The molecule has 0 atom stereocenters. The third kappa shape index (κ3) is 5.31. The predicted octanol–water partition coefficient (Wildman–Crippen LogP) is 5.61. The van der Waals surface area contributed by atoms with Crippen LogP contribution in [0.1, 0.15) is 41.8 Å². The Morgan fingerprint density at radius 3 is 2.46 bits per heavy atom. The van der Waals surface area contributed by atoms with Crippen molar-refractivity contribution in [3.63, 3.8) is 0 Å². The first-order valence-electron chi connectivity index (χ1n) is 9.73. The summed E-state index contributed by atoms with van der Waals surface area (Å²) in [6, 6.07) is 12.0. The Morgan fingerprint density at radius 1 is 0.964 bits per heavy atom. The van der Waals surface area contributed by atoms with Crippen LogP contribution in [0.2, 0.25) is 5.02 Å². The molecule has 2 aromatic carbocycles. The van der Waals surface area contributed by atoms with E-state index in [0.717, 1.165) is 59.7 Å². The van der Waals surface area contributed by atoms with Crippen LogP contribution >= 0.6 is 11.6 Å². The maximum Gasteiger partial charge on any atom is 0.154 e. The first kappa shape index (κ1) is 20.3. The second-order valence-corrected chi connectivity index (χ2v) is 7.48. The Hall–Kier alpha value is -2.43. The van der Waals surface area contributed by atoms with Gasteiger partial charge in [0.1, 0.15) is 5.82 Å². The lowest BCUT2D eigenvalue weighted by molar-refractivity contribution is 0.706. The van der Waals surface area contributed by atoms with Crippen LogP contribution in [0.15, 0.2) is 36.4 Å². The quantitative estimate of drug-likeness (QED) is 0.487. The van der Waals surface area contributed by atoms with Crippen molar-refractivity contribution in [3.05, 3.63) is 63.9 Å². The van der Waals surface area contributed by atoms with Gasteiger partial charge in [-0.1, -0.05) is 36.2 Å². The molecule has 28 heavy (non-hydrogen) atoms. The standard InChI is InChI=1S/C23H27ClN4/c1-16-14-20-21(15-17(16)2)27-22(11-8-18-6-9-19(24)10-7-18)28-23(20)26-13-5-3-4-12-25/h6-11,14-15H,3-5,12-13,25H2,1-2H3,(H,26,27,28)/b11-8+. The average molecular weight is 395 g/mol. The van der Waals surface area contributed by atoms with Crippen LogP contribution in [0.4, 0.5) is 5.82 Å². The molecular weight excluding hydrogens is 368 g/mol. The maximum atomic E-state index is 5.96. The molecule has 3 N–H and O–H groups in total. The number of aryl methyl sites for hydroxylation is 2. The molecule has 0 aliphatic carbocycles. The molecule has 0 fully saturated rings. The molecular formula is C23H27ClN4. The number of halogens is 1. The van der Waals surface area contributed by atoms with Crippen molar-refractivity contribution in [2.24, 2.45) is 5.73 Å². The molecule has 0 aliphatic rings. The smallest absolute Gasteiger partial charge is 0.154 e. The van der Waals surface area contributed by atoms with Gasteiger partial charge in [-0.15, -0.1) is 0 Å². The summed E-state index contributed by atoms with van der Waals surface area (Å²) in [6.45, 7) is 5.85. The Morgan fingerprint density at radius 2 is 1.71 bits per heavy atom. The van der Waals surface area contributed by atoms with E-state index in [1.165, 1.54) is 11.1 Å². The number of hydrogen-bond acceptors (Lipinski definition) is 4. The van der Waals surface area contributed by atoms with Gasteiger partial charge in [0.25, 0.3) is 0 Å². The third-order valence-corrected chi connectivity index (χ3v) is 5.05. The normalized spacial score (nSPS) is 11.4. The van der Waals surface area contributed by atoms with Gasteiger partial charge < -0.3 is 11.1 Å².